The Morgan fingerprint density at radius 3 is 1.22 bits per heavy atom. The smallest absolute Gasteiger partial charge is 0.305 e. The molecular weight excluding hydrogens is 901 g/mol. The molecule has 0 spiro atoms. The third-order valence-corrected chi connectivity index (χ3v) is 17.4. The van der Waals surface area contributed by atoms with E-state index in [9.17, 15) is 4.79 Å². The summed E-state index contributed by atoms with van der Waals surface area (Å²) in [6.07, 6.45) is 31.6. The largest absolute Gasteiger partial charge is 0.463 e. The molecular formula is C59H116O8S2. The van der Waals surface area contributed by atoms with Gasteiger partial charge < -0.3 is 33.2 Å². The first-order chi connectivity index (χ1) is 33.3. The molecule has 0 aromatic rings. The van der Waals surface area contributed by atoms with Crippen LogP contribution in [0.15, 0.2) is 0 Å². The Morgan fingerprint density at radius 1 is 0.420 bits per heavy atom. The second kappa shape index (κ2) is 47.6. The summed E-state index contributed by atoms with van der Waals surface area (Å²) in [6, 6.07) is 0. The molecule has 1 fully saturated rings. The van der Waals surface area contributed by atoms with Gasteiger partial charge in [-0.2, -0.15) is 0 Å². The highest BCUT2D eigenvalue weighted by atomic mass is 33.1. The first-order valence-corrected chi connectivity index (χ1v) is 31.7. The van der Waals surface area contributed by atoms with E-state index in [2.05, 4.69) is 69.2 Å². The van der Waals surface area contributed by atoms with Gasteiger partial charge in [0.2, 0.25) is 0 Å². The van der Waals surface area contributed by atoms with Crippen molar-refractivity contribution < 1.29 is 38.0 Å². The molecule has 8 nitrogen and oxygen atoms in total. The lowest BCUT2D eigenvalue weighted by molar-refractivity contribution is -0.145. The van der Waals surface area contributed by atoms with Gasteiger partial charge >= 0.3 is 5.97 Å². The fourth-order valence-electron chi connectivity index (χ4n) is 9.32. The Kier molecular flexibility index (Phi) is 46.2. The average Bonchev–Trinajstić information content (AvgIpc) is 3.82. The number of unbranched alkanes of at least 4 members (excludes halogenated alkanes) is 1. The van der Waals surface area contributed by atoms with E-state index >= 15 is 0 Å². The third kappa shape index (κ3) is 46.2. The Balaban J connectivity index is 2.26. The molecule has 1 aliphatic heterocycles. The van der Waals surface area contributed by atoms with E-state index < -0.39 is 0 Å². The quantitative estimate of drug-likeness (QED) is 0.0334. The van der Waals surface area contributed by atoms with Crippen molar-refractivity contribution in [3.05, 3.63) is 0 Å². The molecule has 7 unspecified atom stereocenters. The maximum absolute atomic E-state index is 12.0. The number of ether oxygens (including phenoxy) is 7. The SMILES string of the molecule is CC(C)CCCC(C)CCCC(C)CCCC(C)CCOCC(COCCOCCOCCOCCOC(=O)CCCC[C@H]1CCSS1)OCCC(C)CCCC(C)CCCC(C)CCCC(C)C. The zero-order chi connectivity index (χ0) is 50.6. The van der Waals surface area contributed by atoms with Gasteiger partial charge in [-0.3, -0.25) is 4.79 Å². The summed E-state index contributed by atoms with van der Waals surface area (Å²) in [5.74, 6) is 7.54. The van der Waals surface area contributed by atoms with Crippen molar-refractivity contribution in [2.75, 3.05) is 85.0 Å². The molecule has 0 radical (unpaired) electrons. The predicted molar refractivity (Wildman–Crippen MR) is 299 cm³/mol. The van der Waals surface area contributed by atoms with Crippen LogP contribution in [0.25, 0.3) is 0 Å². The number of hydrogen-bond donors (Lipinski definition) is 0. The van der Waals surface area contributed by atoms with E-state index in [4.69, 9.17) is 33.2 Å². The molecule has 1 saturated heterocycles. The first-order valence-electron chi connectivity index (χ1n) is 29.3. The molecule has 0 saturated carbocycles. The maximum Gasteiger partial charge on any atom is 0.305 e. The van der Waals surface area contributed by atoms with Crippen molar-refractivity contribution in [2.24, 2.45) is 47.3 Å². The normalized spacial score (nSPS) is 17.4. The molecule has 1 aliphatic rings. The highest BCUT2D eigenvalue weighted by Crippen LogP contribution is 2.40. The van der Waals surface area contributed by atoms with Crippen molar-refractivity contribution >= 4 is 27.6 Å². The maximum atomic E-state index is 12.0. The predicted octanol–water partition coefficient (Wildman–Crippen LogP) is 16.6. The van der Waals surface area contributed by atoms with Crippen LogP contribution in [-0.2, 0) is 38.0 Å². The Labute approximate surface area is 437 Å². The zero-order valence-electron chi connectivity index (χ0n) is 47.2. The van der Waals surface area contributed by atoms with Gasteiger partial charge in [-0.15, -0.1) is 0 Å². The molecule has 10 heteroatoms. The summed E-state index contributed by atoms with van der Waals surface area (Å²) < 4.78 is 41.0. The van der Waals surface area contributed by atoms with E-state index in [-0.39, 0.29) is 12.1 Å². The summed E-state index contributed by atoms with van der Waals surface area (Å²) in [7, 11) is 3.97. The van der Waals surface area contributed by atoms with E-state index in [0.717, 1.165) is 79.7 Å². The molecule has 1 heterocycles. The van der Waals surface area contributed by atoms with E-state index in [1.165, 1.54) is 134 Å². The highest BCUT2D eigenvalue weighted by molar-refractivity contribution is 8.77. The van der Waals surface area contributed by atoms with Crippen LogP contribution in [0.1, 0.15) is 230 Å². The zero-order valence-corrected chi connectivity index (χ0v) is 48.9. The van der Waals surface area contributed by atoms with Crippen molar-refractivity contribution in [1.82, 2.24) is 0 Å². The minimum Gasteiger partial charge on any atom is -0.463 e. The lowest BCUT2D eigenvalue weighted by atomic mass is 9.91. The van der Waals surface area contributed by atoms with Gasteiger partial charge in [-0.1, -0.05) is 213 Å². The van der Waals surface area contributed by atoms with Crippen LogP contribution in [0.5, 0.6) is 0 Å². The van der Waals surface area contributed by atoms with Gasteiger partial charge in [-0.25, -0.2) is 0 Å². The molecule has 0 aromatic heterocycles. The number of esters is 1. The minimum absolute atomic E-state index is 0.0734. The van der Waals surface area contributed by atoms with Crippen LogP contribution >= 0.6 is 21.6 Å². The Morgan fingerprint density at radius 2 is 0.797 bits per heavy atom. The van der Waals surface area contributed by atoms with Crippen LogP contribution in [0.3, 0.4) is 0 Å². The summed E-state index contributed by atoms with van der Waals surface area (Å²) in [5, 5.41) is 0.767. The van der Waals surface area contributed by atoms with Gasteiger partial charge in [-0.05, 0) is 79.4 Å². The topological polar surface area (TPSA) is 81.7 Å². The lowest BCUT2D eigenvalue weighted by Crippen LogP contribution is -2.28. The fourth-order valence-corrected chi connectivity index (χ4v) is 12.3. The van der Waals surface area contributed by atoms with Crippen LogP contribution in [0.2, 0.25) is 0 Å². The standard InChI is InChI=1S/C59H116O8S2/c1-49(2)19-13-21-51(5)23-15-25-53(7)27-17-29-55(9)33-36-64-47-57(66-37-34-56(10)30-18-28-54(8)26-16-24-52(6)22-14-20-50(3)4)48-65-43-42-62-39-38-61-40-41-63-44-45-67-59(60)32-12-11-31-58-35-46-68-69-58/h49-58H,11-48H2,1-10H3/t51?,52?,53?,54?,55?,56?,57?,58-/m0/s1. The number of carbonyl (C=O) groups excluding carboxylic acids is 1. The number of carbonyl (C=O) groups is 1. The van der Waals surface area contributed by atoms with Crippen LogP contribution < -0.4 is 0 Å². The Hall–Kier alpha value is -0.0700. The van der Waals surface area contributed by atoms with Gasteiger partial charge in [0, 0.05) is 30.6 Å². The Bertz CT molecular complexity index is 1090. The number of hydrogen-bond acceptors (Lipinski definition) is 10. The summed E-state index contributed by atoms with van der Waals surface area (Å²) in [4.78, 5) is 12.0. The van der Waals surface area contributed by atoms with Crippen molar-refractivity contribution in [3.63, 3.8) is 0 Å². The lowest BCUT2D eigenvalue weighted by Gasteiger charge is -2.21. The molecule has 0 N–H and O–H groups in total. The second-order valence-electron chi connectivity index (χ2n) is 22.9. The molecule has 412 valence electrons. The first kappa shape index (κ1) is 66.9. The van der Waals surface area contributed by atoms with Gasteiger partial charge in [0.05, 0.1) is 59.5 Å². The molecule has 1 rings (SSSR count). The van der Waals surface area contributed by atoms with E-state index in [0.29, 0.717) is 84.3 Å². The number of rotatable bonds is 52. The molecule has 0 bridgehead atoms. The molecule has 0 amide bonds. The van der Waals surface area contributed by atoms with Crippen LogP contribution in [0, 0.1) is 47.3 Å². The molecule has 8 atom stereocenters. The summed E-state index contributed by atoms with van der Waals surface area (Å²) in [5.41, 5.74) is 0. The van der Waals surface area contributed by atoms with E-state index in [1.807, 2.05) is 21.6 Å². The van der Waals surface area contributed by atoms with Crippen LogP contribution in [0.4, 0.5) is 0 Å². The summed E-state index contributed by atoms with van der Waals surface area (Å²) >= 11 is 0. The third-order valence-electron chi connectivity index (χ3n) is 14.3. The average molecular weight is 1020 g/mol. The van der Waals surface area contributed by atoms with Crippen molar-refractivity contribution in [1.29, 1.82) is 0 Å². The molecule has 0 aliphatic carbocycles. The van der Waals surface area contributed by atoms with Crippen molar-refractivity contribution in [2.45, 2.75) is 241 Å². The molecule has 0 aromatic carbocycles. The monoisotopic (exact) mass is 1020 g/mol. The van der Waals surface area contributed by atoms with Gasteiger partial charge in [0.25, 0.3) is 0 Å². The highest BCUT2D eigenvalue weighted by Gasteiger charge is 2.17. The molecule has 69 heavy (non-hydrogen) atoms. The fraction of sp³-hybridized carbons (Fsp3) is 0.983. The van der Waals surface area contributed by atoms with E-state index in [1.54, 1.807) is 0 Å². The summed E-state index contributed by atoms with van der Waals surface area (Å²) in [6.45, 7) is 30.2. The second-order valence-corrected chi connectivity index (χ2v) is 25.6. The van der Waals surface area contributed by atoms with Gasteiger partial charge in [0.1, 0.15) is 12.7 Å². The minimum atomic E-state index is -0.125. The van der Waals surface area contributed by atoms with Gasteiger partial charge in [0.15, 0.2) is 0 Å². The van der Waals surface area contributed by atoms with Crippen molar-refractivity contribution in [3.8, 4) is 0 Å². The van der Waals surface area contributed by atoms with Crippen LogP contribution in [-0.4, -0.2) is 102 Å².